The van der Waals surface area contributed by atoms with Crippen LogP contribution in [0.3, 0.4) is 0 Å². The van der Waals surface area contributed by atoms with Gasteiger partial charge >= 0.3 is 28.5 Å². The summed E-state index contributed by atoms with van der Waals surface area (Å²) in [5.41, 5.74) is -1.90. The molecule has 0 fully saturated rings. The van der Waals surface area contributed by atoms with Crippen LogP contribution < -0.4 is 14.5 Å². The third-order valence-electron chi connectivity index (χ3n) is 4.85. The molecule has 174 valence electrons. The number of ether oxygens (including phenoxy) is 1. The number of halogens is 5. The largest absolute Gasteiger partial charge is 0.435 e. The van der Waals surface area contributed by atoms with Crippen LogP contribution in [0.2, 0.25) is 0 Å². The molecule has 6 nitrogen and oxygen atoms in total. The van der Waals surface area contributed by atoms with E-state index >= 15 is 0 Å². The molecule has 0 saturated carbocycles. The lowest BCUT2D eigenvalue weighted by atomic mass is 9.97. The van der Waals surface area contributed by atoms with E-state index in [1.165, 1.54) is 24.3 Å². The van der Waals surface area contributed by atoms with Crippen LogP contribution in [-0.2, 0) is 22.7 Å². The van der Waals surface area contributed by atoms with Gasteiger partial charge in [0.1, 0.15) is 17.1 Å². The van der Waals surface area contributed by atoms with Crippen LogP contribution in [0.25, 0.3) is 17.0 Å². The Kier molecular flexibility index (Phi) is 5.64. The zero-order chi connectivity index (χ0) is 24.0. The molecule has 0 atom stereocenters. The van der Waals surface area contributed by atoms with Crippen molar-refractivity contribution in [3.05, 3.63) is 74.5 Å². The van der Waals surface area contributed by atoms with Crippen molar-refractivity contribution in [1.29, 1.82) is 0 Å². The fraction of sp³-hybridized carbons (Fsp3) is 0.190. The van der Waals surface area contributed by atoms with Crippen LogP contribution in [-0.4, -0.2) is 15.0 Å². The van der Waals surface area contributed by atoms with Crippen LogP contribution in [0.15, 0.2) is 56.6 Å². The highest BCUT2D eigenvalue weighted by molar-refractivity contribution is 7.91. The minimum absolute atomic E-state index is 0.00560. The molecule has 0 amide bonds. The highest BCUT2D eigenvalue weighted by Gasteiger charge is 2.34. The fourth-order valence-electron chi connectivity index (χ4n) is 3.43. The Balaban J connectivity index is 1.64. The second-order valence-electron chi connectivity index (χ2n) is 7.02. The van der Waals surface area contributed by atoms with Gasteiger partial charge in [-0.2, -0.15) is 30.4 Å². The maximum Gasteiger partial charge on any atom is 0.417 e. The summed E-state index contributed by atoms with van der Waals surface area (Å²) in [6.45, 7) is -3.00. The van der Waals surface area contributed by atoms with Gasteiger partial charge in [-0.25, -0.2) is 4.79 Å². The van der Waals surface area contributed by atoms with E-state index in [4.69, 9.17) is 8.60 Å². The maximum absolute atomic E-state index is 13.2. The molecule has 33 heavy (non-hydrogen) atoms. The molecule has 1 aliphatic rings. The molecule has 0 spiro atoms. The van der Waals surface area contributed by atoms with Crippen molar-refractivity contribution >= 4 is 27.2 Å². The van der Waals surface area contributed by atoms with Crippen molar-refractivity contribution in [2.24, 2.45) is 0 Å². The highest BCUT2D eigenvalue weighted by Crippen LogP contribution is 2.36. The van der Waals surface area contributed by atoms with Gasteiger partial charge in [0.15, 0.2) is 0 Å². The van der Waals surface area contributed by atoms with Crippen molar-refractivity contribution in [3.8, 4) is 11.5 Å². The first-order chi connectivity index (χ1) is 15.4. The van der Waals surface area contributed by atoms with Crippen LogP contribution >= 0.6 is 0 Å². The van der Waals surface area contributed by atoms with E-state index in [2.05, 4.69) is 4.74 Å². The first-order valence-corrected chi connectivity index (χ1v) is 10.7. The molecular formula is C21H13F5O6S. The van der Waals surface area contributed by atoms with Gasteiger partial charge in [-0.05, 0) is 54.3 Å². The molecule has 0 aliphatic heterocycles. The SMILES string of the molecule is O=c1cc(C(F)(F)F)c2ccc(OS(=O)(=O)C3=Cc4ccc(OC(F)F)cc4CC3)cc2o1. The van der Waals surface area contributed by atoms with E-state index in [9.17, 15) is 35.2 Å². The number of fused-ring (bicyclic) bond motifs is 2. The number of allylic oxidation sites excluding steroid dienone is 1. The van der Waals surface area contributed by atoms with Gasteiger partial charge in [-0.1, -0.05) is 6.07 Å². The molecule has 1 aromatic heterocycles. The number of hydrogen-bond donors (Lipinski definition) is 0. The smallest absolute Gasteiger partial charge is 0.417 e. The zero-order valence-corrected chi connectivity index (χ0v) is 17.2. The van der Waals surface area contributed by atoms with E-state index in [-0.39, 0.29) is 29.2 Å². The Morgan fingerprint density at radius 3 is 2.39 bits per heavy atom. The number of rotatable bonds is 5. The standard InChI is InChI=1S/C21H13F5O6S/c22-20(23)30-13-3-1-12-8-15(5-2-11(12)7-13)33(28,29)32-14-4-6-16-17(21(24,25)26)10-19(27)31-18(16)9-14/h1,3-4,6-10,20H,2,5H2. The number of aryl methyl sites for hydroxylation is 1. The Morgan fingerprint density at radius 2 is 1.70 bits per heavy atom. The number of alkyl halides is 5. The summed E-state index contributed by atoms with van der Waals surface area (Å²) in [6, 6.07) is 7.22. The summed E-state index contributed by atoms with van der Waals surface area (Å²) < 4.78 is 104. The van der Waals surface area contributed by atoms with E-state index in [0.29, 0.717) is 17.2 Å². The molecule has 4 rings (SSSR count). The Labute approximate surface area is 183 Å². The molecule has 12 heteroatoms. The first-order valence-electron chi connectivity index (χ1n) is 9.30. The summed E-state index contributed by atoms with van der Waals surface area (Å²) in [7, 11) is -4.36. The summed E-state index contributed by atoms with van der Waals surface area (Å²) >= 11 is 0. The fourth-order valence-corrected chi connectivity index (χ4v) is 4.51. The monoisotopic (exact) mass is 488 g/mol. The van der Waals surface area contributed by atoms with Crippen LogP contribution in [0.4, 0.5) is 22.0 Å². The van der Waals surface area contributed by atoms with E-state index < -0.39 is 45.1 Å². The summed E-state index contributed by atoms with van der Waals surface area (Å²) in [5.74, 6) is -0.409. The van der Waals surface area contributed by atoms with E-state index in [0.717, 1.165) is 18.2 Å². The minimum atomic E-state index is -4.82. The second kappa shape index (κ2) is 8.18. The lowest BCUT2D eigenvalue weighted by Gasteiger charge is -2.18. The third kappa shape index (κ3) is 4.85. The molecule has 0 N–H and O–H groups in total. The molecule has 0 bridgehead atoms. The lowest BCUT2D eigenvalue weighted by Crippen LogP contribution is -2.15. The molecule has 2 aromatic carbocycles. The van der Waals surface area contributed by atoms with Crippen molar-refractivity contribution < 1.29 is 43.7 Å². The normalized spacial score (nSPS) is 14.2. The number of hydrogen-bond acceptors (Lipinski definition) is 6. The van der Waals surface area contributed by atoms with Gasteiger partial charge in [0, 0.05) is 17.5 Å². The summed E-state index contributed by atoms with van der Waals surface area (Å²) in [6.07, 6.45) is -3.31. The van der Waals surface area contributed by atoms with Crippen molar-refractivity contribution in [2.75, 3.05) is 0 Å². The maximum atomic E-state index is 13.2. The van der Waals surface area contributed by atoms with Crippen LogP contribution in [0.1, 0.15) is 23.1 Å². The molecule has 0 saturated heterocycles. The van der Waals surface area contributed by atoms with Gasteiger partial charge in [-0.15, -0.1) is 0 Å². The molecule has 1 aliphatic carbocycles. The molecular weight excluding hydrogens is 475 g/mol. The average molecular weight is 488 g/mol. The molecule has 3 aromatic rings. The van der Waals surface area contributed by atoms with Crippen molar-refractivity contribution in [2.45, 2.75) is 25.6 Å². The van der Waals surface area contributed by atoms with Crippen LogP contribution in [0, 0.1) is 0 Å². The lowest BCUT2D eigenvalue weighted by molar-refractivity contribution is -0.136. The Hall–Kier alpha value is -3.41. The molecule has 1 heterocycles. The average Bonchev–Trinajstić information content (AvgIpc) is 2.71. The van der Waals surface area contributed by atoms with Crippen molar-refractivity contribution in [3.63, 3.8) is 0 Å². The highest BCUT2D eigenvalue weighted by atomic mass is 32.2. The third-order valence-corrected chi connectivity index (χ3v) is 6.22. The summed E-state index contributed by atoms with van der Waals surface area (Å²) in [5, 5.41) is -0.431. The first kappa shape index (κ1) is 22.8. The van der Waals surface area contributed by atoms with Gasteiger partial charge < -0.3 is 13.3 Å². The van der Waals surface area contributed by atoms with Gasteiger partial charge in [-0.3, -0.25) is 0 Å². The zero-order valence-electron chi connectivity index (χ0n) is 16.4. The number of benzene rings is 2. The van der Waals surface area contributed by atoms with Crippen molar-refractivity contribution in [1.82, 2.24) is 0 Å². The van der Waals surface area contributed by atoms with E-state index in [1.807, 2.05) is 0 Å². The van der Waals surface area contributed by atoms with Gasteiger partial charge in [0.2, 0.25) is 0 Å². The Morgan fingerprint density at radius 1 is 0.970 bits per heavy atom. The topological polar surface area (TPSA) is 82.8 Å². The molecule has 0 radical (unpaired) electrons. The predicted molar refractivity (Wildman–Crippen MR) is 106 cm³/mol. The van der Waals surface area contributed by atoms with Gasteiger partial charge in [0.25, 0.3) is 0 Å². The van der Waals surface area contributed by atoms with Crippen LogP contribution in [0.5, 0.6) is 11.5 Å². The quantitative estimate of drug-likeness (QED) is 0.282. The summed E-state index contributed by atoms with van der Waals surface area (Å²) in [4.78, 5) is 11.4. The molecule has 0 unspecified atom stereocenters. The second-order valence-corrected chi connectivity index (χ2v) is 8.62. The Bertz CT molecular complexity index is 1420. The predicted octanol–water partition coefficient (Wildman–Crippen LogP) is 5.11. The van der Waals surface area contributed by atoms with E-state index in [1.54, 1.807) is 0 Å². The van der Waals surface area contributed by atoms with Gasteiger partial charge in [0.05, 0.1) is 10.5 Å². The minimum Gasteiger partial charge on any atom is -0.435 e.